The number of carboxylic acid groups (broad SMARTS) is 1. The smallest absolute Gasteiger partial charge is 0.335 e. The van der Waals surface area contributed by atoms with Crippen LogP contribution in [0, 0.1) is 5.92 Å². The summed E-state index contributed by atoms with van der Waals surface area (Å²) < 4.78 is 1.70. The molecule has 6 heteroatoms. The molecule has 2 aromatic rings. The SMILES string of the molecule is CC(C)CNC(=O)Cn1cnc2cc(C(=O)O)ccc21. The maximum Gasteiger partial charge on any atom is 0.335 e. The molecule has 1 heterocycles. The molecule has 0 unspecified atom stereocenters. The molecule has 0 fully saturated rings. The van der Waals surface area contributed by atoms with Crippen molar-refractivity contribution >= 4 is 22.9 Å². The molecule has 0 bridgehead atoms. The molecule has 2 N–H and O–H groups in total. The molecule has 0 aliphatic rings. The largest absolute Gasteiger partial charge is 0.478 e. The Morgan fingerprint density at radius 1 is 1.40 bits per heavy atom. The molecule has 20 heavy (non-hydrogen) atoms. The van der Waals surface area contributed by atoms with Crippen LogP contribution in [0.15, 0.2) is 24.5 Å². The van der Waals surface area contributed by atoms with E-state index in [9.17, 15) is 9.59 Å². The number of benzene rings is 1. The van der Waals surface area contributed by atoms with Gasteiger partial charge in [0.05, 0.1) is 22.9 Å². The maximum absolute atomic E-state index is 11.8. The maximum atomic E-state index is 11.8. The Hall–Kier alpha value is -2.37. The molecule has 0 aliphatic heterocycles. The summed E-state index contributed by atoms with van der Waals surface area (Å²) in [7, 11) is 0. The third-order valence-electron chi connectivity index (χ3n) is 2.89. The van der Waals surface area contributed by atoms with Crippen molar-refractivity contribution in [3.8, 4) is 0 Å². The second kappa shape index (κ2) is 5.73. The standard InChI is InChI=1S/C14H17N3O3/c1-9(2)6-15-13(18)7-17-8-16-11-5-10(14(19)20)3-4-12(11)17/h3-5,8-9H,6-7H2,1-2H3,(H,15,18)(H,19,20). The fraction of sp³-hybridized carbons (Fsp3) is 0.357. The van der Waals surface area contributed by atoms with Crippen molar-refractivity contribution in [1.82, 2.24) is 14.9 Å². The first-order valence-corrected chi connectivity index (χ1v) is 6.42. The second-order valence-corrected chi connectivity index (χ2v) is 5.08. The van der Waals surface area contributed by atoms with E-state index >= 15 is 0 Å². The van der Waals surface area contributed by atoms with Crippen LogP contribution in [0.1, 0.15) is 24.2 Å². The van der Waals surface area contributed by atoms with E-state index in [1.807, 2.05) is 13.8 Å². The quantitative estimate of drug-likeness (QED) is 0.866. The minimum atomic E-state index is -0.990. The topological polar surface area (TPSA) is 84.2 Å². The Morgan fingerprint density at radius 3 is 2.80 bits per heavy atom. The molecule has 6 nitrogen and oxygen atoms in total. The summed E-state index contributed by atoms with van der Waals surface area (Å²) in [5.41, 5.74) is 1.50. The highest BCUT2D eigenvalue weighted by atomic mass is 16.4. The predicted octanol–water partition coefficient (Wildman–Crippen LogP) is 1.51. The van der Waals surface area contributed by atoms with Crippen molar-refractivity contribution < 1.29 is 14.7 Å². The van der Waals surface area contributed by atoms with Crippen molar-refractivity contribution in [2.75, 3.05) is 6.54 Å². The number of hydrogen-bond donors (Lipinski definition) is 2. The number of carboxylic acids is 1. The van der Waals surface area contributed by atoms with Crippen LogP contribution in [0.4, 0.5) is 0 Å². The summed E-state index contributed by atoms with van der Waals surface area (Å²) in [6.45, 7) is 4.87. The third-order valence-corrected chi connectivity index (χ3v) is 2.89. The van der Waals surface area contributed by atoms with Gasteiger partial charge in [-0.2, -0.15) is 0 Å². The van der Waals surface area contributed by atoms with E-state index in [4.69, 9.17) is 5.11 Å². The highest BCUT2D eigenvalue weighted by Gasteiger charge is 2.10. The van der Waals surface area contributed by atoms with Crippen molar-refractivity contribution in [2.24, 2.45) is 5.92 Å². The Bertz CT molecular complexity index is 646. The van der Waals surface area contributed by atoms with Gasteiger partial charge in [-0.3, -0.25) is 4.79 Å². The molecule has 1 aromatic heterocycles. The molecule has 0 saturated heterocycles. The van der Waals surface area contributed by atoms with Gasteiger partial charge in [0.15, 0.2) is 0 Å². The fourth-order valence-electron chi connectivity index (χ4n) is 1.85. The zero-order valence-corrected chi connectivity index (χ0v) is 11.5. The second-order valence-electron chi connectivity index (χ2n) is 5.08. The Labute approximate surface area is 116 Å². The molecule has 0 aliphatic carbocycles. The summed E-state index contributed by atoms with van der Waals surface area (Å²) in [4.78, 5) is 26.8. The average molecular weight is 275 g/mol. The van der Waals surface area contributed by atoms with Gasteiger partial charge in [-0.1, -0.05) is 13.8 Å². The fourth-order valence-corrected chi connectivity index (χ4v) is 1.85. The molecule has 1 aromatic carbocycles. The molecule has 0 spiro atoms. The summed E-state index contributed by atoms with van der Waals surface area (Å²) in [6, 6.07) is 4.68. The van der Waals surface area contributed by atoms with Gasteiger partial charge in [0, 0.05) is 6.54 Å². The van der Waals surface area contributed by atoms with Crippen molar-refractivity contribution in [2.45, 2.75) is 20.4 Å². The number of nitrogens with one attached hydrogen (secondary N) is 1. The van der Waals surface area contributed by atoms with Gasteiger partial charge in [-0.15, -0.1) is 0 Å². The van der Waals surface area contributed by atoms with Gasteiger partial charge >= 0.3 is 5.97 Å². The Balaban J connectivity index is 2.15. The number of rotatable bonds is 5. The molecule has 106 valence electrons. The van der Waals surface area contributed by atoms with E-state index in [0.717, 1.165) is 5.52 Å². The number of hydrogen-bond acceptors (Lipinski definition) is 3. The van der Waals surface area contributed by atoms with E-state index in [1.165, 1.54) is 12.1 Å². The van der Waals surface area contributed by atoms with E-state index in [0.29, 0.717) is 18.0 Å². The van der Waals surface area contributed by atoms with Gasteiger partial charge in [-0.05, 0) is 24.1 Å². The molecule has 1 amide bonds. The normalized spacial score (nSPS) is 10.9. The van der Waals surface area contributed by atoms with E-state index in [1.54, 1.807) is 17.0 Å². The van der Waals surface area contributed by atoms with Gasteiger partial charge in [-0.25, -0.2) is 9.78 Å². The predicted molar refractivity (Wildman–Crippen MR) is 74.5 cm³/mol. The number of aromatic nitrogens is 2. The van der Waals surface area contributed by atoms with Crippen LogP contribution in [0.25, 0.3) is 11.0 Å². The molecule has 0 radical (unpaired) electrons. The molecular weight excluding hydrogens is 258 g/mol. The summed E-state index contributed by atoms with van der Waals surface area (Å²) >= 11 is 0. The van der Waals surface area contributed by atoms with Crippen LogP contribution < -0.4 is 5.32 Å². The average Bonchev–Trinajstić information content (AvgIpc) is 2.79. The highest BCUT2D eigenvalue weighted by molar-refractivity contribution is 5.92. The molecular formula is C14H17N3O3. The van der Waals surface area contributed by atoms with Gasteiger partial charge in [0.2, 0.25) is 5.91 Å². The van der Waals surface area contributed by atoms with E-state index < -0.39 is 5.97 Å². The lowest BCUT2D eigenvalue weighted by Gasteiger charge is -2.08. The zero-order valence-electron chi connectivity index (χ0n) is 11.5. The Kier molecular flexibility index (Phi) is 4.02. The van der Waals surface area contributed by atoms with Gasteiger partial charge in [0.1, 0.15) is 6.54 Å². The number of imidazole rings is 1. The molecule has 0 atom stereocenters. The Morgan fingerprint density at radius 2 is 2.15 bits per heavy atom. The molecule has 2 rings (SSSR count). The lowest BCUT2D eigenvalue weighted by Crippen LogP contribution is -2.30. The third kappa shape index (κ3) is 3.14. The first-order chi connectivity index (χ1) is 9.47. The van der Waals surface area contributed by atoms with Crippen LogP contribution >= 0.6 is 0 Å². The van der Waals surface area contributed by atoms with Crippen LogP contribution in [-0.2, 0) is 11.3 Å². The lowest BCUT2D eigenvalue weighted by atomic mass is 10.2. The van der Waals surface area contributed by atoms with E-state index in [2.05, 4.69) is 10.3 Å². The van der Waals surface area contributed by atoms with Crippen molar-refractivity contribution in [1.29, 1.82) is 0 Å². The van der Waals surface area contributed by atoms with Crippen LogP contribution in [0.2, 0.25) is 0 Å². The highest BCUT2D eigenvalue weighted by Crippen LogP contribution is 2.15. The summed E-state index contributed by atoms with van der Waals surface area (Å²) in [5, 5.41) is 11.8. The first-order valence-electron chi connectivity index (χ1n) is 6.42. The lowest BCUT2D eigenvalue weighted by molar-refractivity contribution is -0.121. The summed E-state index contributed by atoms with van der Waals surface area (Å²) in [6.07, 6.45) is 1.55. The minimum Gasteiger partial charge on any atom is -0.478 e. The number of amides is 1. The van der Waals surface area contributed by atoms with Crippen molar-refractivity contribution in [3.63, 3.8) is 0 Å². The summed E-state index contributed by atoms with van der Waals surface area (Å²) in [5.74, 6) is -0.673. The number of carbonyl (C=O) groups excluding carboxylic acids is 1. The minimum absolute atomic E-state index is 0.0830. The number of carbonyl (C=O) groups is 2. The van der Waals surface area contributed by atoms with Gasteiger partial charge in [0.25, 0.3) is 0 Å². The first kappa shape index (κ1) is 14.0. The van der Waals surface area contributed by atoms with Crippen LogP contribution in [0.3, 0.4) is 0 Å². The number of fused-ring (bicyclic) bond motifs is 1. The van der Waals surface area contributed by atoms with Crippen LogP contribution in [0.5, 0.6) is 0 Å². The van der Waals surface area contributed by atoms with Gasteiger partial charge < -0.3 is 15.0 Å². The number of nitrogens with zero attached hydrogens (tertiary/aromatic N) is 2. The van der Waals surface area contributed by atoms with E-state index in [-0.39, 0.29) is 18.0 Å². The number of aromatic carboxylic acids is 1. The molecule has 0 saturated carbocycles. The monoisotopic (exact) mass is 275 g/mol. The van der Waals surface area contributed by atoms with Crippen LogP contribution in [-0.4, -0.2) is 33.1 Å². The zero-order chi connectivity index (χ0) is 14.7. The van der Waals surface area contributed by atoms with Crippen molar-refractivity contribution in [3.05, 3.63) is 30.1 Å².